The predicted molar refractivity (Wildman–Crippen MR) is 121 cm³/mol. The topological polar surface area (TPSA) is 93.2 Å². The van der Waals surface area contributed by atoms with E-state index in [0.29, 0.717) is 25.1 Å². The van der Waals surface area contributed by atoms with Crippen LogP contribution in [0, 0.1) is 0 Å². The smallest absolute Gasteiger partial charge is 0.337 e. The number of piperazine rings is 1. The molecule has 0 bridgehead atoms. The number of carboxylic acid groups (broad SMARTS) is 1. The van der Waals surface area contributed by atoms with Gasteiger partial charge in [-0.25, -0.2) is 4.79 Å². The van der Waals surface area contributed by atoms with E-state index in [0.717, 1.165) is 57.8 Å². The molecule has 0 atom stereocenters. The monoisotopic (exact) mass is 430 g/mol. The number of amides is 2. The zero-order chi connectivity index (χ0) is 22.2. The van der Waals surface area contributed by atoms with Crippen LogP contribution in [0.3, 0.4) is 0 Å². The third-order valence-corrected chi connectivity index (χ3v) is 6.04. The Hall–Kier alpha value is -2.61. The molecule has 0 aromatic heterocycles. The maximum Gasteiger partial charge on any atom is 0.337 e. The minimum atomic E-state index is -1.06. The van der Waals surface area contributed by atoms with Crippen molar-refractivity contribution < 1.29 is 19.5 Å². The van der Waals surface area contributed by atoms with E-state index < -0.39 is 5.97 Å². The highest BCUT2D eigenvalue weighted by molar-refractivity contribution is 6.01. The number of hydrogen-bond donors (Lipinski definition) is 2. The van der Waals surface area contributed by atoms with Crippen molar-refractivity contribution in [3.63, 3.8) is 0 Å². The van der Waals surface area contributed by atoms with Gasteiger partial charge in [-0.05, 0) is 37.5 Å². The molecule has 1 aromatic carbocycles. The van der Waals surface area contributed by atoms with Gasteiger partial charge in [-0.1, -0.05) is 19.8 Å². The van der Waals surface area contributed by atoms with E-state index in [1.165, 1.54) is 12.8 Å². The average molecular weight is 431 g/mol. The summed E-state index contributed by atoms with van der Waals surface area (Å²) in [7, 11) is 0. The molecule has 0 unspecified atom stereocenters. The van der Waals surface area contributed by atoms with Crippen LogP contribution in [0.5, 0.6) is 0 Å². The number of carbonyl (C=O) groups is 3. The molecule has 2 saturated heterocycles. The fraction of sp³-hybridized carbons (Fsp3) is 0.609. The molecule has 2 aliphatic heterocycles. The first-order valence-corrected chi connectivity index (χ1v) is 11.4. The summed E-state index contributed by atoms with van der Waals surface area (Å²) < 4.78 is 0. The van der Waals surface area contributed by atoms with Gasteiger partial charge >= 0.3 is 5.97 Å². The number of rotatable bonds is 7. The number of carbonyl (C=O) groups excluding carboxylic acids is 2. The van der Waals surface area contributed by atoms with Crippen LogP contribution in [-0.4, -0.2) is 78.5 Å². The van der Waals surface area contributed by atoms with E-state index >= 15 is 0 Å². The minimum Gasteiger partial charge on any atom is -0.478 e. The second-order valence-electron chi connectivity index (χ2n) is 8.39. The first-order chi connectivity index (χ1) is 15.0. The molecule has 2 N–H and O–H groups in total. The standard InChI is InChI=1S/C23H34N4O4/c1-2-7-21(28)24-20-9-8-18(16-19(20)23(30)31)26-14-12-25(13-15-26)17-22(29)27-10-5-3-4-6-11-27/h8-9,16H,2-7,10-15,17H2,1H3,(H,24,28)(H,30,31). The number of benzene rings is 1. The Labute approximate surface area is 184 Å². The highest BCUT2D eigenvalue weighted by Crippen LogP contribution is 2.25. The maximum absolute atomic E-state index is 12.6. The molecule has 0 saturated carbocycles. The van der Waals surface area contributed by atoms with Gasteiger partial charge in [-0.3, -0.25) is 14.5 Å². The zero-order valence-electron chi connectivity index (χ0n) is 18.4. The first kappa shape index (κ1) is 23.1. The SMILES string of the molecule is CCCC(=O)Nc1ccc(N2CCN(CC(=O)N3CCCCCC3)CC2)cc1C(=O)O. The summed E-state index contributed by atoms with van der Waals surface area (Å²) >= 11 is 0. The Bertz CT molecular complexity index is 782. The number of hydrogen-bond acceptors (Lipinski definition) is 5. The van der Waals surface area contributed by atoms with Crippen LogP contribution in [0.4, 0.5) is 11.4 Å². The molecule has 3 rings (SSSR count). The maximum atomic E-state index is 12.6. The van der Waals surface area contributed by atoms with Crippen LogP contribution in [0.25, 0.3) is 0 Å². The van der Waals surface area contributed by atoms with Crippen molar-refractivity contribution in [3.05, 3.63) is 23.8 Å². The Morgan fingerprint density at radius 2 is 1.65 bits per heavy atom. The van der Waals surface area contributed by atoms with E-state index in [1.807, 2.05) is 17.9 Å². The Morgan fingerprint density at radius 1 is 0.968 bits per heavy atom. The Kier molecular flexibility index (Phi) is 8.28. The van der Waals surface area contributed by atoms with Crippen molar-refractivity contribution in [2.45, 2.75) is 45.4 Å². The van der Waals surface area contributed by atoms with Gasteiger partial charge in [0, 0.05) is 51.4 Å². The summed E-state index contributed by atoms with van der Waals surface area (Å²) in [5.41, 5.74) is 1.25. The lowest BCUT2D eigenvalue weighted by atomic mass is 10.1. The summed E-state index contributed by atoms with van der Waals surface area (Å²) in [6.07, 6.45) is 5.68. The minimum absolute atomic E-state index is 0.0979. The van der Waals surface area contributed by atoms with Crippen LogP contribution in [0.15, 0.2) is 18.2 Å². The molecule has 0 aliphatic carbocycles. The lowest BCUT2D eigenvalue weighted by molar-refractivity contribution is -0.132. The van der Waals surface area contributed by atoms with Crippen molar-refractivity contribution in [2.24, 2.45) is 0 Å². The molecule has 2 heterocycles. The zero-order valence-corrected chi connectivity index (χ0v) is 18.4. The quantitative estimate of drug-likeness (QED) is 0.691. The fourth-order valence-electron chi connectivity index (χ4n) is 4.23. The molecule has 2 fully saturated rings. The summed E-state index contributed by atoms with van der Waals surface area (Å²) in [5.74, 6) is -1.02. The summed E-state index contributed by atoms with van der Waals surface area (Å²) in [6.45, 7) is 7.09. The van der Waals surface area contributed by atoms with Crippen molar-refractivity contribution in [1.82, 2.24) is 9.80 Å². The molecule has 2 aliphatic rings. The van der Waals surface area contributed by atoms with E-state index in [1.54, 1.807) is 12.1 Å². The largest absolute Gasteiger partial charge is 0.478 e. The second-order valence-corrected chi connectivity index (χ2v) is 8.39. The van der Waals surface area contributed by atoms with Gasteiger partial charge in [0.15, 0.2) is 0 Å². The van der Waals surface area contributed by atoms with E-state index in [9.17, 15) is 19.5 Å². The van der Waals surface area contributed by atoms with Gasteiger partial charge in [-0.2, -0.15) is 0 Å². The summed E-state index contributed by atoms with van der Waals surface area (Å²) in [4.78, 5) is 42.6. The molecular weight excluding hydrogens is 396 g/mol. The molecule has 0 radical (unpaired) electrons. The third-order valence-electron chi connectivity index (χ3n) is 6.04. The van der Waals surface area contributed by atoms with Crippen molar-refractivity contribution in [3.8, 4) is 0 Å². The van der Waals surface area contributed by atoms with E-state index in [2.05, 4.69) is 15.1 Å². The van der Waals surface area contributed by atoms with Gasteiger partial charge in [0.05, 0.1) is 17.8 Å². The van der Waals surface area contributed by atoms with Crippen molar-refractivity contribution >= 4 is 29.2 Å². The third kappa shape index (κ3) is 6.43. The van der Waals surface area contributed by atoms with Crippen LogP contribution < -0.4 is 10.2 Å². The van der Waals surface area contributed by atoms with Crippen LogP contribution in [-0.2, 0) is 9.59 Å². The number of nitrogens with zero attached hydrogens (tertiary/aromatic N) is 3. The van der Waals surface area contributed by atoms with Crippen LogP contribution in [0.2, 0.25) is 0 Å². The van der Waals surface area contributed by atoms with Gasteiger partial charge in [0.25, 0.3) is 0 Å². The summed E-state index contributed by atoms with van der Waals surface area (Å²) in [5, 5.41) is 12.3. The second kappa shape index (κ2) is 11.1. The Balaban J connectivity index is 1.57. The van der Waals surface area contributed by atoms with Gasteiger partial charge in [0.2, 0.25) is 11.8 Å². The van der Waals surface area contributed by atoms with E-state index in [4.69, 9.17) is 0 Å². The number of nitrogens with one attached hydrogen (secondary N) is 1. The number of aromatic carboxylic acids is 1. The molecular formula is C23H34N4O4. The molecule has 0 spiro atoms. The molecule has 8 heteroatoms. The molecule has 1 aromatic rings. The predicted octanol–water partition coefficient (Wildman–Crippen LogP) is 2.65. The first-order valence-electron chi connectivity index (χ1n) is 11.4. The average Bonchev–Trinajstić information content (AvgIpc) is 3.04. The summed E-state index contributed by atoms with van der Waals surface area (Å²) in [6, 6.07) is 5.15. The molecule has 8 nitrogen and oxygen atoms in total. The lowest BCUT2D eigenvalue weighted by Gasteiger charge is -2.36. The Morgan fingerprint density at radius 3 is 2.26 bits per heavy atom. The highest BCUT2D eigenvalue weighted by Gasteiger charge is 2.23. The normalized spacial score (nSPS) is 17.8. The van der Waals surface area contributed by atoms with Gasteiger partial charge < -0.3 is 20.2 Å². The number of likely N-dealkylation sites (tertiary alicyclic amines) is 1. The van der Waals surface area contributed by atoms with Gasteiger partial charge in [-0.15, -0.1) is 0 Å². The lowest BCUT2D eigenvalue weighted by Crippen LogP contribution is -2.50. The number of anilines is 2. The molecule has 2 amide bonds. The molecule has 170 valence electrons. The van der Waals surface area contributed by atoms with E-state index in [-0.39, 0.29) is 17.4 Å². The van der Waals surface area contributed by atoms with Crippen LogP contribution >= 0.6 is 0 Å². The number of carboxylic acids is 1. The highest BCUT2D eigenvalue weighted by atomic mass is 16.4. The van der Waals surface area contributed by atoms with Crippen LogP contribution in [0.1, 0.15) is 55.8 Å². The fourth-order valence-corrected chi connectivity index (χ4v) is 4.23. The van der Waals surface area contributed by atoms with Gasteiger partial charge in [0.1, 0.15) is 0 Å². The molecule has 31 heavy (non-hydrogen) atoms. The van der Waals surface area contributed by atoms with Crippen molar-refractivity contribution in [2.75, 3.05) is 56.0 Å². The van der Waals surface area contributed by atoms with Crippen molar-refractivity contribution in [1.29, 1.82) is 0 Å².